The molecule has 0 fully saturated rings. The van der Waals surface area contributed by atoms with Crippen LogP contribution < -0.4 is 0 Å². The van der Waals surface area contributed by atoms with Gasteiger partial charge in [0.15, 0.2) is 0 Å². The number of aromatic amines is 1. The minimum absolute atomic E-state index is 0.916. The molecule has 218 valence electrons. The molecule has 46 heavy (non-hydrogen) atoms. The van der Waals surface area contributed by atoms with Gasteiger partial charge in [0, 0.05) is 71.7 Å². The second-order valence-electron chi connectivity index (χ2n) is 12.8. The highest BCUT2D eigenvalue weighted by Gasteiger charge is 2.25. The van der Waals surface area contributed by atoms with E-state index in [0.29, 0.717) is 0 Å². The van der Waals surface area contributed by atoms with Gasteiger partial charge in [-0.05, 0) is 80.3 Å². The maximum atomic E-state index is 6.54. The van der Waals surface area contributed by atoms with Crippen LogP contribution in [0.2, 0.25) is 0 Å². The summed E-state index contributed by atoms with van der Waals surface area (Å²) in [5.41, 5.74) is 14.7. The molecular weight excluding hydrogens is 562 g/mol. The lowest BCUT2D eigenvalue weighted by Crippen LogP contribution is -2.08. The van der Waals surface area contributed by atoms with Crippen molar-refractivity contribution in [1.82, 2.24) is 14.1 Å². The molecule has 0 unspecified atom stereocenters. The first-order chi connectivity index (χ1) is 22.8. The number of rotatable bonds is 2. The van der Waals surface area contributed by atoms with Crippen molar-refractivity contribution in [1.29, 1.82) is 0 Å². The Morgan fingerprint density at radius 1 is 0.587 bits per heavy atom. The van der Waals surface area contributed by atoms with Crippen LogP contribution in [-0.4, -0.2) is 14.1 Å². The molecule has 4 heterocycles. The van der Waals surface area contributed by atoms with Crippen LogP contribution in [0.3, 0.4) is 0 Å². The van der Waals surface area contributed by atoms with Crippen molar-refractivity contribution < 1.29 is 4.42 Å². The molecule has 0 saturated heterocycles. The lowest BCUT2D eigenvalue weighted by Gasteiger charge is -2.20. The van der Waals surface area contributed by atoms with Crippen LogP contribution in [0.15, 0.2) is 114 Å². The van der Waals surface area contributed by atoms with Crippen molar-refractivity contribution >= 4 is 83.4 Å². The van der Waals surface area contributed by atoms with Gasteiger partial charge in [0.1, 0.15) is 11.2 Å². The molecule has 4 nitrogen and oxygen atoms in total. The fourth-order valence-corrected chi connectivity index (χ4v) is 8.49. The number of H-pyrrole nitrogens is 1. The van der Waals surface area contributed by atoms with Crippen LogP contribution in [0.25, 0.3) is 89.1 Å². The van der Waals surface area contributed by atoms with Gasteiger partial charge in [-0.1, -0.05) is 66.7 Å². The summed E-state index contributed by atoms with van der Waals surface area (Å²) in [6.07, 6.45) is 11.2. The van der Waals surface area contributed by atoms with Gasteiger partial charge in [-0.2, -0.15) is 0 Å². The highest BCUT2D eigenvalue weighted by Crippen LogP contribution is 2.43. The third kappa shape index (κ3) is 3.18. The minimum Gasteiger partial charge on any atom is -0.456 e. The molecule has 9 aromatic rings. The Balaban J connectivity index is 1.18. The van der Waals surface area contributed by atoms with Crippen molar-refractivity contribution in [2.75, 3.05) is 0 Å². The maximum Gasteiger partial charge on any atom is 0.136 e. The average molecular weight is 592 g/mol. The second kappa shape index (κ2) is 8.92. The Bertz CT molecular complexity index is 2760. The van der Waals surface area contributed by atoms with Gasteiger partial charge < -0.3 is 18.5 Å². The van der Waals surface area contributed by atoms with Crippen LogP contribution in [0.1, 0.15) is 35.4 Å². The van der Waals surface area contributed by atoms with E-state index < -0.39 is 0 Å². The number of aromatic nitrogens is 3. The number of hydrogen-bond acceptors (Lipinski definition) is 1. The summed E-state index contributed by atoms with van der Waals surface area (Å²) in [5, 5.41) is 7.48. The van der Waals surface area contributed by atoms with Crippen molar-refractivity contribution in [3.63, 3.8) is 0 Å². The highest BCUT2D eigenvalue weighted by atomic mass is 16.3. The normalized spacial score (nSPS) is 14.7. The third-order valence-electron chi connectivity index (χ3n) is 10.4. The zero-order valence-corrected chi connectivity index (χ0v) is 25.2. The number of fused-ring (bicyclic) bond motifs is 13. The molecule has 4 heteroatoms. The predicted octanol–water partition coefficient (Wildman–Crippen LogP) is 11.0. The molecule has 0 spiro atoms. The minimum atomic E-state index is 0.916. The van der Waals surface area contributed by atoms with Gasteiger partial charge in [-0.15, -0.1) is 0 Å². The summed E-state index contributed by atoms with van der Waals surface area (Å²) in [4.78, 5) is 3.81. The van der Waals surface area contributed by atoms with Gasteiger partial charge in [0.05, 0.1) is 16.6 Å². The monoisotopic (exact) mass is 591 g/mol. The molecule has 0 atom stereocenters. The average Bonchev–Trinajstić information content (AvgIpc) is 3.85. The molecule has 0 aliphatic heterocycles. The van der Waals surface area contributed by atoms with E-state index in [0.717, 1.165) is 47.9 Å². The maximum absolute atomic E-state index is 6.54. The number of furan rings is 1. The molecule has 1 N–H and O–H groups in total. The Morgan fingerprint density at radius 3 is 2.11 bits per heavy atom. The van der Waals surface area contributed by atoms with E-state index in [2.05, 4.69) is 135 Å². The first-order valence-corrected chi connectivity index (χ1v) is 16.3. The van der Waals surface area contributed by atoms with Gasteiger partial charge >= 0.3 is 0 Å². The van der Waals surface area contributed by atoms with E-state index >= 15 is 0 Å². The van der Waals surface area contributed by atoms with Crippen molar-refractivity contribution in [3.05, 3.63) is 132 Å². The summed E-state index contributed by atoms with van der Waals surface area (Å²) < 4.78 is 11.5. The Kier molecular flexibility index (Phi) is 4.76. The zero-order chi connectivity index (χ0) is 29.9. The number of nitrogens with zero attached hydrogens (tertiary/aromatic N) is 2. The van der Waals surface area contributed by atoms with Crippen LogP contribution in [-0.2, 0) is 12.8 Å². The summed E-state index contributed by atoms with van der Waals surface area (Å²) in [6, 6.07) is 37.3. The largest absolute Gasteiger partial charge is 0.456 e. The molecule has 2 aliphatic carbocycles. The quantitative estimate of drug-likeness (QED) is 0.213. The second-order valence-corrected chi connectivity index (χ2v) is 12.8. The molecule has 0 bridgehead atoms. The first kappa shape index (κ1) is 24.6. The molecule has 2 aliphatic rings. The number of benzene rings is 5. The third-order valence-corrected chi connectivity index (χ3v) is 10.4. The van der Waals surface area contributed by atoms with Gasteiger partial charge in [0.2, 0.25) is 0 Å². The topological polar surface area (TPSA) is 38.8 Å². The molecule has 0 saturated carbocycles. The van der Waals surface area contributed by atoms with Crippen LogP contribution in [0.4, 0.5) is 0 Å². The lowest BCUT2D eigenvalue weighted by atomic mass is 9.96. The molecular formula is C42H29N3O. The van der Waals surface area contributed by atoms with Crippen molar-refractivity contribution in [2.24, 2.45) is 0 Å². The van der Waals surface area contributed by atoms with Crippen molar-refractivity contribution in [2.45, 2.75) is 25.7 Å². The summed E-state index contributed by atoms with van der Waals surface area (Å²) in [5.74, 6) is 0. The van der Waals surface area contributed by atoms with E-state index in [4.69, 9.17) is 4.42 Å². The predicted molar refractivity (Wildman–Crippen MR) is 192 cm³/mol. The van der Waals surface area contributed by atoms with E-state index in [1.54, 1.807) is 0 Å². The number of nitrogens with one attached hydrogen (secondary N) is 1. The van der Waals surface area contributed by atoms with Crippen LogP contribution >= 0.6 is 0 Å². The SMILES string of the molecule is C1=Cc2c(n(C3=Cc4c([nH]c5ccc6oc7ccc(-n8c9ccccc9c9ccccc98)cc7c6c45)CC3)c3ccccc23)CC1. The summed E-state index contributed by atoms with van der Waals surface area (Å²) in [6.45, 7) is 0. The molecule has 4 aromatic heterocycles. The standard InChI is InChI=1S/C42H29N3O/c1-5-13-35-27(9-1)28-10-2-6-14-36(28)44(35)25-17-19-33-31(23-25)41-34(43-33)20-22-40-42(41)32-24-26(18-21-39(32)46-40)45-37-15-7-3-11-29(37)30-12-4-8-16-38(30)45/h1-5,7-13,15-16,18,20-24,43H,6,14,17,19H2. The highest BCUT2D eigenvalue weighted by molar-refractivity contribution is 6.22. The first-order valence-electron chi connectivity index (χ1n) is 16.3. The smallest absolute Gasteiger partial charge is 0.136 e. The Morgan fingerprint density at radius 2 is 1.30 bits per heavy atom. The van der Waals surface area contributed by atoms with E-state index in [9.17, 15) is 0 Å². The molecule has 0 radical (unpaired) electrons. The van der Waals surface area contributed by atoms with Gasteiger partial charge in [-0.3, -0.25) is 0 Å². The van der Waals surface area contributed by atoms with Crippen molar-refractivity contribution in [3.8, 4) is 5.69 Å². The van der Waals surface area contributed by atoms with Crippen LogP contribution in [0.5, 0.6) is 0 Å². The molecule has 5 aromatic carbocycles. The Labute approximate surface area is 264 Å². The summed E-state index contributed by atoms with van der Waals surface area (Å²) in [7, 11) is 0. The number of hydrogen-bond donors (Lipinski definition) is 1. The zero-order valence-electron chi connectivity index (χ0n) is 25.2. The number of allylic oxidation sites excluding steroid dienone is 2. The fraction of sp³-hybridized carbons (Fsp3) is 0.0952. The number of aryl methyl sites for hydroxylation is 1. The van der Waals surface area contributed by atoms with E-state index in [1.165, 1.54) is 77.2 Å². The van der Waals surface area contributed by atoms with E-state index in [-0.39, 0.29) is 0 Å². The lowest BCUT2D eigenvalue weighted by molar-refractivity contribution is 0.669. The van der Waals surface area contributed by atoms with Gasteiger partial charge in [-0.25, -0.2) is 0 Å². The summed E-state index contributed by atoms with van der Waals surface area (Å²) >= 11 is 0. The van der Waals surface area contributed by atoms with Gasteiger partial charge in [0.25, 0.3) is 0 Å². The molecule has 0 amide bonds. The van der Waals surface area contributed by atoms with E-state index in [1.807, 2.05) is 0 Å². The molecule has 11 rings (SSSR count). The number of para-hydroxylation sites is 3. The Hall–Kier alpha value is -5.74. The van der Waals surface area contributed by atoms with Crippen LogP contribution in [0, 0.1) is 0 Å². The fourth-order valence-electron chi connectivity index (χ4n) is 8.49.